The van der Waals surface area contributed by atoms with Crippen molar-refractivity contribution < 1.29 is 0 Å². The zero-order valence-corrected chi connectivity index (χ0v) is 53.8. The number of benzene rings is 9. The summed E-state index contributed by atoms with van der Waals surface area (Å²) in [5.74, 6) is 4.13. The normalized spacial score (nSPS) is 23.5. The van der Waals surface area contributed by atoms with Gasteiger partial charge in [-0.25, -0.2) is 0 Å². The first-order chi connectivity index (χ1) is 43.9. The van der Waals surface area contributed by atoms with Gasteiger partial charge in [-0.05, 0) is 181 Å². The third-order valence-corrected chi connectivity index (χ3v) is 22.8. The summed E-state index contributed by atoms with van der Waals surface area (Å²) in [6.07, 6.45) is 45.6. The fraction of sp³-hybridized carbons (Fsp3) is 0.239. The average Bonchev–Trinajstić information content (AvgIpc) is 1.49. The van der Waals surface area contributed by atoms with Crippen molar-refractivity contribution in [3.8, 4) is 22.3 Å². The number of fused-ring (bicyclic) bond motifs is 10. The van der Waals surface area contributed by atoms with Crippen molar-refractivity contribution in [1.29, 1.82) is 0 Å². The molecule has 0 aliphatic heterocycles. The smallest absolute Gasteiger partial charge is 0.112 e. The van der Waals surface area contributed by atoms with Gasteiger partial charge in [0.25, 0.3) is 0 Å². The number of hydrogen-bond acceptors (Lipinski definition) is 0. The van der Waals surface area contributed by atoms with E-state index in [1.807, 2.05) is 12.2 Å². The van der Waals surface area contributed by atoms with Gasteiger partial charge in [-0.1, -0.05) is 294 Å². The van der Waals surface area contributed by atoms with Crippen LogP contribution in [0.25, 0.3) is 114 Å². The van der Waals surface area contributed by atoms with Crippen LogP contribution in [0.3, 0.4) is 0 Å². The maximum Gasteiger partial charge on any atom is 0.112 e. The van der Waals surface area contributed by atoms with Gasteiger partial charge in [-0.2, -0.15) is 0 Å². The van der Waals surface area contributed by atoms with Gasteiger partial charge in [-0.3, -0.25) is 0 Å². The highest BCUT2D eigenvalue weighted by atomic mass is 35.5. The summed E-state index contributed by atoms with van der Waals surface area (Å²) >= 11 is 10.6. The highest BCUT2D eigenvalue weighted by molar-refractivity contribution is 6.54. The summed E-state index contributed by atoms with van der Waals surface area (Å²) in [4.78, 5) is 0. The van der Waals surface area contributed by atoms with Gasteiger partial charge in [0.1, 0.15) is 4.33 Å². The molecule has 0 bridgehead atoms. The van der Waals surface area contributed by atoms with Crippen LogP contribution in [0.1, 0.15) is 109 Å². The van der Waals surface area contributed by atoms with E-state index in [0.29, 0.717) is 17.8 Å². The Kier molecular flexibility index (Phi) is 13.0. The Morgan fingerprint density at radius 2 is 1.03 bits per heavy atom. The van der Waals surface area contributed by atoms with Crippen LogP contribution in [0.2, 0.25) is 0 Å². The fourth-order valence-electron chi connectivity index (χ4n) is 19.8. The van der Waals surface area contributed by atoms with Crippen LogP contribution in [0, 0.1) is 35.0 Å². The summed E-state index contributed by atoms with van der Waals surface area (Å²) in [6, 6.07) is 48.0. The topological polar surface area (TPSA) is 0 Å². The molecule has 3 saturated carbocycles. The Balaban J connectivity index is 0.0000000964. The summed E-state index contributed by atoms with van der Waals surface area (Å²) in [6.45, 7) is 16.3. The van der Waals surface area contributed by atoms with Crippen LogP contribution >= 0.6 is 23.2 Å². The summed E-state index contributed by atoms with van der Waals surface area (Å²) < 4.78 is -0.556. The molecule has 11 aromatic rings. The maximum absolute atomic E-state index is 5.30. The standard InChI is InChI=1S/C27H15.C27H32.C26H12.C5H10.C3H6Cl2/c1-27-24-18-10-4-12-20(24)21-13-5-11-19(25(21)27)17-9-3-7-15-14-6-2-8-16(18)22(14)26(27)23(15)17;1-4-6-12-20-14-10-18-23-24-19-11-15-21(13-7-5-2)26(24)27(3,25(20)23)22-16-8-9-17-22;1-5-13-14-6-2-11-19-20-12-4-8-16-15-7-3-10-18-17(9-1)21(13)25(22(14)19)26(23(15)18)24(16)20;1-2-4-5-3-1;1-3(2,4)5/h2-13H,1H3;4-7,10-15,18,22-25H,1-2,8-9,16-17,19H2,3H3;1-12H;1-5H2;1-2H3/q-1;;;;. The molecule has 90 heavy (non-hydrogen) atoms. The first kappa shape index (κ1) is 55.9. The van der Waals surface area contributed by atoms with Gasteiger partial charge >= 0.3 is 0 Å². The van der Waals surface area contributed by atoms with E-state index in [9.17, 15) is 0 Å². The SMILES string of the molecule is C1CCCC1.C=CC=CC1=CC=CC2C3CC=CC(C=CC=C)=C3C(C)(C3CCCC3)C12.CC(C)(Cl)Cl.CC12C3=c4c5cccc4=C4C=CC=C(c6cccc(c61)-c1cccc-5c13)[C-]42.c1cc2c3cccc4c5cccc6c7cccc8c(c1)c2c(c34)c(c78)c65. The van der Waals surface area contributed by atoms with Gasteiger partial charge in [0.2, 0.25) is 0 Å². The first-order valence-electron chi connectivity index (χ1n) is 33.4. The number of hydrogen-bond donors (Lipinski definition) is 0. The molecule has 10 aliphatic carbocycles. The molecule has 5 unspecified atom stereocenters. The highest BCUT2D eigenvalue weighted by Crippen LogP contribution is 2.69. The van der Waals surface area contributed by atoms with Crippen LogP contribution in [0.4, 0.5) is 0 Å². The predicted octanol–water partition coefficient (Wildman–Crippen LogP) is 23.5. The number of allylic oxidation sites excluding steroid dienone is 18. The maximum atomic E-state index is 5.30. The van der Waals surface area contributed by atoms with E-state index in [0.717, 1.165) is 5.92 Å². The lowest BCUT2D eigenvalue weighted by Crippen LogP contribution is -2.45. The molecule has 3 fully saturated rings. The minimum absolute atomic E-state index is 0.0411. The van der Waals surface area contributed by atoms with Crippen LogP contribution < -0.4 is 10.4 Å². The number of alkyl halides is 2. The molecule has 2 heteroatoms. The van der Waals surface area contributed by atoms with Gasteiger partial charge in [-0.15, -0.1) is 52.6 Å². The number of halogens is 2. The Morgan fingerprint density at radius 3 is 1.59 bits per heavy atom. The zero-order chi connectivity index (χ0) is 60.9. The molecule has 0 saturated heterocycles. The van der Waals surface area contributed by atoms with Crippen LogP contribution in [-0.4, -0.2) is 4.33 Å². The van der Waals surface area contributed by atoms with Crippen molar-refractivity contribution in [3.63, 3.8) is 0 Å². The predicted molar refractivity (Wildman–Crippen MR) is 390 cm³/mol. The molecule has 0 nitrogen and oxygen atoms in total. The monoisotopic (exact) mass is 1200 g/mol. The second-order valence-electron chi connectivity index (χ2n) is 27.8. The van der Waals surface area contributed by atoms with E-state index in [2.05, 4.69) is 227 Å². The van der Waals surface area contributed by atoms with Gasteiger partial charge in [0.15, 0.2) is 0 Å². The Morgan fingerprint density at radius 1 is 0.544 bits per heavy atom. The number of rotatable bonds is 5. The molecular weight excluding hydrogens is 1130 g/mol. The lowest BCUT2D eigenvalue weighted by Gasteiger charge is -2.47. The van der Waals surface area contributed by atoms with Gasteiger partial charge in [0, 0.05) is 11.3 Å². The summed E-state index contributed by atoms with van der Waals surface area (Å²) in [7, 11) is 0. The van der Waals surface area contributed by atoms with Crippen molar-refractivity contribution >= 4 is 115 Å². The molecule has 0 N–H and O–H groups in total. The van der Waals surface area contributed by atoms with Crippen molar-refractivity contribution in [2.75, 3.05) is 0 Å². The molecule has 0 aromatic heterocycles. The van der Waals surface area contributed by atoms with Crippen molar-refractivity contribution in [3.05, 3.63) is 275 Å². The lowest BCUT2D eigenvalue weighted by molar-refractivity contribution is 0.177. The zero-order valence-electron chi connectivity index (χ0n) is 52.3. The van der Waals surface area contributed by atoms with Gasteiger partial charge in [0.05, 0.1) is 0 Å². The van der Waals surface area contributed by atoms with E-state index < -0.39 is 4.33 Å². The fourth-order valence-corrected chi connectivity index (χ4v) is 19.8. The quantitative estimate of drug-likeness (QED) is 0.0697. The molecular formula is C88H75Cl2-. The van der Waals surface area contributed by atoms with Crippen LogP contribution in [0.15, 0.2) is 242 Å². The van der Waals surface area contributed by atoms with Crippen molar-refractivity contribution in [2.24, 2.45) is 29.1 Å². The van der Waals surface area contributed by atoms with Crippen LogP contribution in [0.5, 0.6) is 0 Å². The summed E-state index contributed by atoms with van der Waals surface area (Å²) in [5.41, 5.74) is 19.3. The second-order valence-corrected chi connectivity index (χ2v) is 29.9. The molecule has 0 spiro atoms. The Hall–Kier alpha value is -8.13. The minimum Gasteiger partial charge on any atom is -0.129 e. The van der Waals surface area contributed by atoms with E-state index >= 15 is 0 Å². The molecule has 0 radical (unpaired) electrons. The van der Waals surface area contributed by atoms with Crippen molar-refractivity contribution in [2.45, 2.75) is 102 Å². The van der Waals surface area contributed by atoms with E-state index in [-0.39, 0.29) is 10.8 Å². The molecule has 5 atom stereocenters. The van der Waals surface area contributed by atoms with E-state index in [1.54, 1.807) is 25.0 Å². The lowest BCUT2D eigenvalue weighted by atomic mass is 9.59. The second kappa shape index (κ2) is 21.0. The van der Waals surface area contributed by atoms with E-state index in [1.165, 1.54) is 217 Å². The molecule has 442 valence electrons. The molecule has 11 aromatic carbocycles. The first-order valence-corrected chi connectivity index (χ1v) is 34.2. The van der Waals surface area contributed by atoms with Gasteiger partial charge < -0.3 is 0 Å². The molecule has 21 rings (SSSR count). The Labute approximate surface area is 540 Å². The molecule has 0 amide bonds. The third kappa shape index (κ3) is 7.83. The summed E-state index contributed by atoms with van der Waals surface area (Å²) in [5, 5.41) is 22.9. The van der Waals surface area contributed by atoms with Crippen LogP contribution in [-0.2, 0) is 5.41 Å². The van der Waals surface area contributed by atoms with E-state index in [4.69, 9.17) is 23.2 Å². The molecule has 10 aliphatic rings. The molecule has 0 heterocycles. The highest BCUT2D eigenvalue weighted by Gasteiger charge is 2.59. The minimum atomic E-state index is -0.556. The average molecular weight is 1200 g/mol. The largest absolute Gasteiger partial charge is 0.129 e. The Bertz CT molecular complexity index is 4940. The van der Waals surface area contributed by atoms with Crippen molar-refractivity contribution in [1.82, 2.24) is 0 Å². The third-order valence-electron chi connectivity index (χ3n) is 22.8.